The number of hydrogen-bond acceptors (Lipinski definition) is 0. The third-order valence-corrected chi connectivity index (χ3v) is 7.94. The first kappa shape index (κ1) is 22.3. The molecule has 0 aromatic rings. The van der Waals surface area contributed by atoms with Gasteiger partial charge in [-0.3, -0.25) is 0 Å². The van der Waals surface area contributed by atoms with Crippen molar-refractivity contribution in [3.63, 3.8) is 0 Å². The van der Waals surface area contributed by atoms with Crippen LogP contribution in [-0.4, -0.2) is 0 Å². The van der Waals surface area contributed by atoms with E-state index >= 15 is 0 Å². The highest BCUT2D eigenvalue weighted by Crippen LogP contribution is 2.39. The van der Waals surface area contributed by atoms with Crippen LogP contribution in [0.3, 0.4) is 0 Å². The van der Waals surface area contributed by atoms with Crippen molar-refractivity contribution >= 4 is 0 Å². The average molecular weight is 363 g/mol. The zero-order valence-electron chi connectivity index (χ0n) is 18.6. The maximum absolute atomic E-state index is 2.60. The molecule has 0 bridgehead atoms. The molecule has 2 rings (SSSR count). The monoisotopic (exact) mass is 362 g/mol. The van der Waals surface area contributed by atoms with Crippen LogP contribution in [0.25, 0.3) is 0 Å². The van der Waals surface area contributed by atoms with E-state index in [0.717, 1.165) is 29.6 Å². The molecule has 0 aromatic heterocycles. The van der Waals surface area contributed by atoms with Crippen molar-refractivity contribution in [3.8, 4) is 0 Å². The predicted octanol–water partition coefficient (Wildman–Crippen LogP) is 9.18. The van der Waals surface area contributed by atoms with Gasteiger partial charge >= 0.3 is 0 Å². The van der Waals surface area contributed by atoms with E-state index in [4.69, 9.17) is 0 Å². The van der Waals surface area contributed by atoms with Gasteiger partial charge in [-0.1, -0.05) is 124 Å². The van der Waals surface area contributed by atoms with Crippen molar-refractivity contribution < 1.29 is 0 Å². The summed E-state index contributed by atoms with van der Waals surface area (Å²) in [6.45, 7) is 7.37. The highest BCUT2D eigenvalue weighted by Gasteiger charge is 2.26. The lowest BCUT2D eigenvalue weighted by Gasteiger charge is -2.34. The van der Waals surface area contributed by atoms with E-state index < -0.39 is 0 Å². The van der Waals surface area contributed by atoms with Crippen molar-refractivity contribution in [2.24, 2.45) is 29.6 Å². The fourth-order valence-electron chi connectivity index (χ4n) is 6.29. The van der Waals surface area contributed by atoms with Gasteiger partial charge in [0.05, 0.1) is 0 Å². The molecule has 0 heterocycles. The smallest absolute Gasteiger partial charge is 0.0386 e. The van der Waals surface area contributed by atoms with Gasteiger partial charge in [-0.2, -0.15) is 0 Å². The van der Waals surface area contributed by atoms with Crippen molar-refractivity contribution in [2.45, 2.75) is 136 Å². The molecule has 2 saturated carbocycles. The second-order valence-corrected chi connectivity index (χ2v) is 10.2. The Kier molecular flexibility index (Phi) is 11.3. The summed E-state index contributed by atoms with van der Waals surface area (Å²) < 4.78 is 0. The highest BCUT2D eigenvalue weighted by molar-refractivity contribution is 4.78. The molecule has 0 amide bonds. The summed E-state index contributed by atoms with van der Waals surface area (Å²) in [6.07, 6.45) is 27.1. The summed E-state index contributed by atoms with van der Waals surface area (Å²) in [7, 11) is 0. The van der Waals surface area contributed by atoms with Crippen LogP contribution in [-0.2, 0) is 0 Å². The molecule has 0 aromatic carbocycles. The molecule has 2 fully saturated rings. The summed E-state index contributed by atoms with van der Waals surface area (Å²) in [5.41, 5.74) is 0. The molecule has 26 heavy (non-hydrogen) atoms. The Bertz CT molecular complexity index is 331. The Morgan fingerprint density at radius 1 is 0.615 bits per heavy atom. The molecule has 154 valence electrons. The zero-order valence-corrected chi connectivity index (χ0v) is 18.6. The van der Waals surface area contributed by atoms with Crippen LogP contribution in [0.5, 0.6) is 0 Å². The van der Waals surface area contributed by atoms with Gasteiger partial charge in [0.1, 0.15) is 0 Å². The maximum atomic E-state index is 2.60. The number of hydrogen-bond donors (Lipinski definition) is 0. The molecule has 0 N–H and O–H groups in total. The van der Waals surface area contributed by atoms with Crippen LogP contribution in [0.4, 0.5) is 0 Å². The molecule has 2 aliphatic carbocycles. The average Bonchev–Trinajstić information content (AvgIpc) is 2.65. The first-order chi connectivity index (χ1) is 12.7. The Morgan fingerprint density at radius 3 is 1.81 bits per heavy atom. The van der Waals surface area contributed by atoms with Crippen LogP contribution < -0.4 is 0 Å². The zero-order chi connectivity index (χ0) is 18.6. The summed E-state index contributed by atoms with van der Waals surface area (Å²) in [5, 5.41) is 0. The standard InChI is InChI=1S/C26H50/c1-4-12-23-14-9-7-6-8-10-15-25(20-23)19-18-22(3)26-17-11-16-24(21-26)13-5-2/h22-26H,4-21H2,1-3H3. The summed E-state index contributed by atoms with van der Waals surface area (Å²) >= 11 is 0. The molecule has 0 aliphatic heterocycles. The normalized spacial score (nSPS) is 32.9. The van der Waals surface area contributed by atoms with Crippen molar-refractivity contribution in [2.75, 3.05) is 0 Å². The van der Waals surface area contributed by atoms with Crippen LogP contribution in [0, 0.1) is 29.6 Å². The van der Waals surface area contributed by atoms with Gasteiger partial charge in [-0.25, -0.2) is 0 Å². The summed E-state index contributed by atoms with van der Waals surface area (Å²) in [5.74, 6) is 5.17. The van der Waals surface area contributed by atoms with E-state index in [1.165, 1.54) is 103 Å². The second-order valence-electron chi connectivity index (χ2n) is 10.2. The van der Waals surface area contributed by atoms with Gasteiger partial charge in [0.15, 0.2) is 0 Å². The van der Waals surface area contributed by atoms with Crippen LogP contribution in [0.1, 0.15) is 136 Å². The molecule has 0 radical (unpaired) electrons. The van der Waals surface area contributed by atoms with Crippen molar-refractivity contribution in [3.05, 3.63) is 0 Å². The quantitative estimate of drug-likeness (QED) is 0.403. The van der Waals surface area contributed by atoms with E-state index in [0.29, 0.717) is 0 Å². The Balaban J connectivity index is 1.79. The number of rotatable bonds is 8. The molecule has 2 aliphatic rings. The molecule has 5 atom stereocenters. The van der Waals surface area contributed by atoms with Gasteiger partial charge in [0.2, 0.25) is 0 Å². The minimum Gasteiger partial charge on any atom is -0.0654 e. The van der Waals surface area contributed by atoms with Crippen molar-refractivity contribution in [1.29, 1.82) is 0 Å². The van der Waals surface area contributed by atoms with E-state index in [1.807, 2.05) is 0 Å². The fraction of sp³-hybridized carbons (Fsp3) is 1.00. The van der Waals surface area contributed by atoms with E-state index in [9.17, 15) is 0 Å². The van der Waals surface area contributed by atoms with Gasteiger partial charge < -0.3 is 0 Å². The summed E-state index contributed by atoms with van der Waals surface area (Å²) in [4.78, 5) is 0. The molecule has 0 heteroatoms. The van der Waals surface area contributed by atoms with Crippen molar-refractivity contribution in [1.82, 2.24) is 0 Å². The molecule has 0 spiro atoms. The summed E-state index contributed by atoms with van der Waals surface area (Å²) in [6, 6.07) is 0. The largest absolute Gasteiger partial charge is 0.0654 e. The first-order valence-electron chi connectivity index (χ1n) is 12.7. The fourth-order valence-corrected chi connectivity index (χ4v) is 6.29. The van der Waals surface area contributed by atoms with E-state index in [-0.39, 0.29) is 0 Å². The van der Waals surface area contributed by atoms with Crippen LogP contribution in [0.15, 0.2) is 0 Å². The van der Waals surface area contributed by atoms with Gasteiger partial charge in [-0.15, -0.1) is 0 Å². The minimum absolute atomic E-state index is 0.981. The molecular weight excluding hydrogens is 312 g/mol. The Labute approximate surface area is 166 Å². The van der Waals surface area contributed by atoms with Crippen LogP contribution >= 0.6 is 0 Å². The van der Waals surface area contributed by atoms with Gasteiger partial charge in [-0.05, 0) is 42.4 Å². The molecule has 0 saturated heterocycles. The van der Waals surface area contributed by atoms with Crippen LogP contribution in [0.2, 0.25) is 0 Å². The topological polar surface area (TPSA) is 0 Å². The first-order valence-corrected chi connectivity index (χ1v) is 12.7. The third kappa shape index (κ3) is 8.35. The lowest BCUT2D eigenvalue weighted by atomic mass is 9.72. The Morgan fingerprint density at radius 2 is 1.15 bits per heavy atom. The Hall–Kier alpha value is 0. The van der Waals surface area contributed by atoms with Gasteiger partial charge in [0.25, 0.3) is 0 Å². The SMILES string of the molecule is CCCC1CCCCCCCC(CCC(C)C2CCCC(CCC)C2)C1. The maximum Gasteiger partial charge on any atom is -0.0386 e. The second kappa shape index (κ2) is 13.2. The van der Waals surface area contributed by atoms with Gasteiger partial charge in [0, 0.05) is 0 Å². The van der Waals surface area contributed by atoms with E-state index in [1.54, 1.807) is 12.8 Å². The minimum atomic E-state index is 0.981. The highest BCUT2D eigenvalue weighted by atomic mass is 14.3. The lowest BCUT2D eigenvalue weighted by molar-refractivity contribution is 0.177. The molecular formula is C26H50. The third-order valence-electron chi connectivity index (χ3n) is 7.94. The predicted molar refractivity (Wildman–Crippen MR) is 118 cm³/mol. The molecule has 5 unspecified atom stereocenters. The molecule has 0 nitrogen and oxygen atoms in total. The lowest BCUT2D eigenvalue weighted by Crippen LogP contribution is -2.22. The van der Waals surface area contributed by atoms with E-state index in [2.05, 4.69) is 20.8 Å².